The van der Waals surface area contributed by atoms with Gasteiger partial charge in [0.05, 0.1) is 12.4 Å². The monoisotopic (exact) mass is 277 g/mol. The van der Waals surface area contributed by atoms with Gasteiger partial charge in [0.25, 0.3) is 10.1 Å². The molecule has 17 heavy (non-hydrogen) atoms. The third kappa shape index (κ3) is 21.8. The molecule has 0 atom stereocenters. The molecule has 0 amide bonds. The Balaban J connectivity index is -0.000000224. The molecule has 0 saturated carbocycles. The molecule has 0 unspecified atom stereocenters. The molecule has 0 bridgehead atoms. The topological polar surface area (TPSA) is 101 Å². The van der Waals surface area contributed by atoms with Crippen molar-refractivity contribution in [3.8, 4) is 0 Å². The van der Waals surface area contributed by atoms with Crippen molar-refractivity contribution in [1.82, 2.24) is 0 Å². The van der Waals surface area contributed by atoms with E-state index in [1.807, 2.05) is 0 Å². The first-order chi connectivity index (χ1) is 7.24. The summed E-state index contributed by atoms with van der Waals surface area (Å²) in [5, 5.41) is 8.19. The van der Waals surface area contributed by atoms with Crippen molar-refractivity contribution in [3.63, 3.8) is 0 Å². The maximum atomic E-state index is 10.5. The van der Waals surface area contributed by atoms with Gasteiger partial charge in [-0.2, -0.15) is 8.42 Å². The Morgan fingerprint density at radius 1 is 1.41 bits per heavy atom. The Morgan fingerprint density at radius 3 is 2.06 bits per heavy atom. The second-order valence-corrected chi connectivity index (χ2v) is 4.50. The average Bonchev–Trinajstić information content (AvgIpc) is 2.13. The molecule has 0 fully saturated rings. The molecule has 0 aromatic heterocycles. The van der Waals surface area contributed by atoms with Gasteiger partial charge in [-0.15, -0.1) is 0 Å². The molecular weight excluding hydrogens is 259 g/mol. The summed E-state index contributed by atoms with van der Waals surface area (Å²) in [4.78, 5) is 10.5. The third-order valence-electron chi connectivity index (χ3n) is 1.13. The summed E-state index contributed by atoms with van der Waals surface area (Å²) >= 11 is 0. The second-order valence-electron chi connectivity index (χ2n) is 2.93. The van der Waals surface area contributed by atoms with E-state index in [-0.39, 0.29) is 48.5 Å². The first-order valence-electron chi connectivity index (χ1n) is 4.63. The van der Waals surface area contributed by atoms with Crippen LogP contribution in [0.1, 0.15) is 20.3 Å². The molecular formula is C9H18NaO6S. The molecule has 97 valence electrons. The van der Waals surface area contributed by atoms with Gasteiger partial charge in [0.2, 0.25) is 0 Å². The number of rotatable bonds is 5. The van der Waals surface area contributed by atoms with Gasteiger partial charge in [0, 0.05) is 35.1 Å². The number of aliphatic hydroxyl groups excluding tert-OH is 1. The van der Waals surface area contributed by atoms with E-state index in [9.17, 15) is 13.2 Å². The van der Waals surface area contributed by atoms with Gasteiger partial charge in [-0.25, -0.2) is 4.79 Å². The Bertz CT molecular complexity index is 311. The Labute approximate surface area is 124 Å². The smallest absolute Gasteiger partial charge is 0.333 e. The third-order valence-corrected chi connectivity index (χ3v) is 2.06. The van der Waals surface area contributed by atoms with Gasteiger partial charge in [0.1, 0.15) is 6.61 Å². The van der Waals surface area contributed by atoms with Gasteiger partial charge in [-0.05, 0) is 13.3 Å². The van der Waals surface area contributed by atoms with Crippen molar-refractivity contribution in [3.05, 3.63) is 12.2 Å². The zero-order valence-corrected chi connectivity index (χ0v) is 13.3. The van der Waals surface area contributed by atoms with E-state index < -0.39 is 16.1 Å². The molecule has 0 aliphatic heterocycles. The van der Waals surface area contributed by atoms with E-state index in [1.54, 1.807) is 13.8 Å². The van der Waals surface area contributed by atoms with E-state index in [1.165, 1.54) is 0 Å². The Kier molecular flexibility index (Phi) is 16.4. The number of hydrogen-bond donors (Lipinski definition) is 2. The summed E-state index contributed by atoms with van der Waals surface area (Å²) in [5.41, 5.74) is 0.350. The SMILES string of the molecule is C=C(C)C(=O)OCCO.CCCS(=O)(=O)O.[Na]. The normalized spacial score (nSPS) is 9.41. The summed E-state index contributed by atoms with van der Waals surface area (Å²) < 4.78 is 32.0. The van der Waals surface area contributed by atoms with Crippen molar-refractivity contribution >= 4 is 45.6 Å². The minimum absolute atomic E-state index is 0. The van der Waals surface area contributed by atoms with Crippen molar-refractivity contribution in [2.75, 3.05) is 19.0 Å². The van der Waals surface area contributed by atoms with Crippen LogP contribution < -0.4 is 0 Å². The fourth-order valence-electron chi connectivity index (χ4n) is 0.519. The van der Waals surface area contributed by atoms with Gasteiger partial charge >= 0.3 is 5.97 Å². The number of aliphatic hydroxyl groups is 1. The van der Waals surface area contributed by atoms with E-state index >= 15 is 0 Å². The van der Waals surface area contributed by atoms with Crippen molar-refractivity contribution < 1.29 is 27.6 Å². The number of hydrogen-bond acceptors (Lipinski definition) is 5. The molecule has 0 saturated heterocycles. The maximum Gasteiger partial charge on any atom is 0.333 e. The fraction of sp³-hybridized carbons (Fsp3) is 0.667. The number of ether oxygens (including phenoxy) is 1. The predicted octanol–water partition coefficient (Wildman–Crippen LogP) is 0.00140. The van der Waals surface area contributed by atoms with Crippen molar-refractivity contribution in [2.45, 2.75) is 20.3 Å². The van der Waals surface area contributed by atoms with Gasteiger partial charge in [-0.1, -0.05) is 13.5 Å². The van der Waals surface area contributed by atoms with Crippen molar-refractivity contribution in [2.24, 2.45) is 0 Å². The van der Waals surface area contributed by atoms with E-state index in [0.717, 1.165) is 0 Å². The quantitative estimate of drug-likeness (QED) is 0.317. The van der Waals surface area contributed by atoms with Gasteiger partial charge in [-0.3, -0.25) is 4.55 Å². The van der Waals surface area contributed by atoms with Crippen LogP contribution >= 0.6 is 0 Å². The summed E-state index contributed by atoms with van der Waals surface area (Å²) in [6.45, 7) is 6.50. The van der Waals surface area contributed by atoms with Crippen LogP contribution in [0.4, 0.5) is 0 Å². The summed E-state index contributed by atoms with van der Waals surface area (Å²) in [5.74, 6) is -0.587. The van der Waals surface area contributed by atoms with Gasteiger partial charge in [0.15, 0.2) is 0 Å². The molecule has 0 aromatic carbocycles. The van der Waals surface area contributed by atoms with E-state index in [0.29, 0.717) is 12.0 Å². The summed E-state index contributed by atoms with van der Waals surface area (Å²) in [6, 6.07) is 0. The average molecular weight is 277 g/mol. The van der Waals surface area contributed by atoms with Crippen LogP contribution in [-0.4, -0.2) is 72.6 Å². The molecule has 0 aliphatic rings. The molecule has 0 aromatic rings. The second kappa shape index (κ2) is 12.5. The van der Waals surface area contributed by atoms with Crippen LogP contribution in [0.15, 0.2) is 12.2 Å². The first kappa shape index (κ1) is 22.3. The standard InChI is InChI=1S/C6H10O3.C3H8O3S.Na/c1-5(2)6(8)9-4-3-7;1-2-3-7(4,5)6;/h7H,1,3-4H2,2H3;2-3H2,1H3,(H,4,5,6);. The van der Waals surface area contributed by atoms with Crippen LogP contribution in [0, 0.1) is 0 Å². The predicted molar refractivity (Wildman–Crippen MR) is 65.3 cm³/mol. The van der Waals surface area contributed by atoms with Crippen LogP contribution in [-0.2, 0) is 19.6 Å². The fourth-order valence-corrected chi connectivity index (χ4v) is 1.04. The zero-order chi connectivity index (χ0) is 13.2. The zero-order valence-electron chi connectivity index (χ0n) is 10.5. The Morgan fingerprint density at radius 2 is 1.88 bits per heavy atom. The molecule has 2 N–H and O–H groups in total. The number of carbonyl (C=O) groups excluding carboxylic acids is 1. The van der Waals surface area contributed by atoms with Crippen molar-refractivity contribution in [1.29, 1.82) is 0 Å². The summed E-state index contributed by atoms with van der Waals surface area (Å²) in [7, 11) is -3.67. The molecule has 0 rings (SSSR count). The molecule has 1 radical (unpaired) electrons. The minimum Gasteiger partial charge on any atom is -0.460 e. The number of esters is 1. The Hall–Kier alpha value is 0.0800. The van der Waals surface area contributed by atoms with Gasteiger partial charge < -0.3 is 9.84 Å². The van der Waals surface area contributed by atoms with E-state index in [4.69, 9.17) is 9.66 Å². The maximum absolute atomic E-state index is 10.5. The molecule has 0 heterocycles. The molecule has 0 aliphatic carbocycles. The summed E-state index contributed by atoms with van der Waals surface area (Å²) in [6.07, 6.45) is 0.471. The van der Waals surface area contributed by atoms with E-state index in [2.05, 4.69) is 11.3 Å². The largest absolute Gasteiger partial charge is 0.460 e. The van der Waals surface area contributed by atoms with Crippen LogP contribution in [0.25, 0.3) is 0 Å². The van der Waals surface area contributed by atoms with Crippen LogP contribution in [0.3, 0.4) is 0 Å². The first-order valence-corrected chi connectivity index (χ1v) is 6.24. The molecule has 8 heteroatoms. The molecule has 0 spiro atoms. The number of carbonyl (C=O) groups is 1. The van der Waals surface area contributed by atoms with Crippen LogP contribution in [0.5, 0.6) is 0 Å². The van der Waals surface area contributed by atoms with Crippen LogP contribution in [0.2, 0.25) is 0 Å². The minimum atomic E-state index is -3.67. The molecule has 6 nitrogen and oxygen atoms in total.